The van der Waals surface area contributed by atoms with Crippen LogP contribution in [0.25, 0.3) is 0 Å². The van der Waals surface area contributed by atoms with Crippen molar-refractivity contribution in [1.82, 2.24) is 5.32 Å². The van der Waals surface area contributed by atoms with Crippen molar-refractivity contribution in [3.8, 4) is 0 Å². The van der Waals surface area contributed by atoms with Crippen LogP contribution >= 0.6 is 11.6 Å². The third kappa shape index (κ3) is 2.74. The summed E-state index contributed by atoms with van der Waals surface area (Å²) in [6.07, 6.45) is 0.952. The number of hydrogen-bond acceptors (Lipinski definition) is 3. The molecule has 4 rings (SSSR count). The molecule has 0 aromatic heterocycles. The first-order valence-electron chi connectivity index (χ1n) is 9.43. The summed E-state index contributed by atoms with van der Waals surface area (Å²) in [5.41, 5.74) is 4.54. The zero-order valence-electron chi connectivity index (χ0n) is 16.3. The smallest absolute Gasteiger partial charge is 0.236 e. The van der Waals surface area contributed by atoms with Gasteiger partial charge in [0.05, 0.1) is 11.0 Å². The Kier molecular flexibility index (Phi) is 4.24. The normalized spacial score (nSPS) is 23.6. The zero-order chi connectivity index (χ0) is 19.4. The Hall–Kier alpha value is -2.04. The third-order valence-corrected chi connectivity index (χ3v) is 6.62. The van der Waals surface area contributed by atoms with Gasteiger partial charge in [0.2, 0.25) is 5.91 Å². The fourth-order valence-electron chi connectivity index (χ4n) is 4.45. The second kappa shape index (κ2) is 6.25. The molecule has 2 aromatic carbocycles. The predicted octanol–water partition coefficient (Wildman–Crippen LogP) is 4.20. The van der Waals surface area contributed by atoms with Crippen LogP contribution in [0.3, 0.4) is 0 Å². The van der Waals surface area contributed by atoms with E-state index in [1.807, 2.05) is 33.9 Å². The summed E-state index contributed by atoms with van der Waals surface area (Å²) in [4.78, 5) is 14.3. The van der Waals surface area contributed by atoms with Crippen LogP contribution in [0.5, 0.6) is 0 Å². The minimum atomic E-state index is -0.477. The van der Waals surface area contributed by atoms with Gasteiger partial charge in [0, 0.05) is 30.0 Å². The summed E-state index contributed by atoms with van der Waals surface area (Å²) in [5.74, 6) is 0.133. The van der Waals surface area contributed by atoms with Crippen LogP contribution in [0, 0.1) is 6.92 Å². The van der Waals surface area contributed by atoms with Gasteiger partial charge >= 0.3 is 0 Å². The summed E-state index contributed by atoms with van der Waals surface area (Å²) in [5, 5.41) is 8.04. The lowest BCUT2D eigenvalue weighted by molar-refractivity contribution is -0.121. The molecule has 4 nitrogen and oxygen atoms in total. The first kappa shape index (κ1) is 18.3. The second-order valence-electron chi connectivity index (χ2n) is 8.29. The SMILES string of the molecule is Cc1cccc(C2(Nc3ccc4c(c3)N(C)C(=O)C4(C)C)CCNC2)c1Cl. The molecule has 2 heterocycles. The van der Waals surface area contributed by atoms with Crippen LogP contribution in [0.15, 0.2) is 36.4 Å². The van der Waals surface area contributed by atoms with Gasteiger partial charge in [-0.25, -0.2) is 0 Å². The molecule has 0 spiro atoms. The van der Waals surface area contributed by atoms with Crippen LogP contribution in [0.2, 0.25) is 5.02 Å². The highest BCUT2D eigenvalue weighted by molar-refractivity contribution is 6.32. The van der Waals surface area contributed by atoms with Gasteiger partial charge in [-0.15, -0.1) is 0 Å². The summed E-state index contributed by atoms with van der Waals surface area (Å²) >= 11 is 6.68. The van der Waals surface area contributed by atoms with Crippen molar-refractivity contribution in [1.29, 1.82) is 0 Å². The Bertz CT molecular complexity index is 916. The van der Waals surface area contributed by atoms with Crippen molar-refractivity contribution in [2.45, 2.75) is 38.1 Å². The van der Waals surface area contributed by atoms with Crippen molar-refractivity contribution in [2.75, 3.05) is 30.4 Å². The Labute approximate surface area is 165 Å². The van der Waals surface area contributed by atoms with Gasteiger partial charge in [0.1, 0.15) is 0 Å². The Morgan fingerprint density at radius 2 is 1.96 bits per heavy atom. The number of nitrogens with zero attached hydrogens (tertiary/aromatic N) is 1. The molecule has 1 atom stereocenters. The highest BCUT2D eigenvalue weighted by atomic mass is 35.5. The number of likely N-dealkylation sites (N-methyl/N-ethyl adjacent to an activating group) is 1. The molecule has 1 fully saturated rings. The molecule has 142 valence electrons. The summed E-state index contributed by atoms with van der Waals surface area (Å²) in [7, 11) is 1.85. The molecule has 0 saturated carbocycles. The van der Waals surface area contributed by atoms with Crippen LogP contribution in [-0.4, -0.2) is 26.0 Å². The minimum Gasteiger partial charge on any atom is -0.374 e. The van der Waals surface area contributed by atoms with E-state index >= 15 is 0 Å². The molecular weight excluding hydrogens is 358 g/mol. The molecular formula is C22H26ClN3O. The van der Waals surface area contributed by atoms with Crippen LogP contribution in [0.4, 0.5) is 11.4 Å². The van der Waals surface area contributed by atoms with Crippen molar-refractivity contribution >= 4 is 28.9 Å². The van der Waals surface area contributed by atoms with Crippen molar-refractivity contribution < 1.29 is 4.79 Å². The van der Waals surface area contributed by atoms with Gasteiger partial charge in [-0.05, 0) is 62.6 Å². The lowest BCUT2D eigenvalue weighted by Crippen LogP contribution is -2.38. The van der Waals surface area contributed by atoms with Gasteiger partial charge in [-0.3, -0.25) is 4.79 Å². The first-order valence-corrected chi connectivity index (χ1v) is 9.81. The van der Waals surface area contributed by atoms with Gasteiger partial charge in [0.15, 0.2) is 0 Å². The highest BCUT2D eigenvalue weighted by Crippen LogP contribution is 2.43. The highest BCUT2D eigenvalue weighted by Gasteiger charge is 2.43. The third-order valence-electron chi connectivity index (χ3n) is 6.12. The number of fused-ring (bicyclic) bond motifs is 1. The van der Waals surface area contributed by atoms with E-state index in [2.05, 4.69) is 41.0 Å². The maximum Gasteiger partial charge on any atom is 0.236 e. The maximum absolute atomic E-state index is 12.6. The molecule has 2 aromatic rings. The van der Waals surface area contributed by atoms with E-state index in [4.69, 9.17) is 11.6 Å². The molecule has 1 unspecified atom stereocenters. The number of halogens is 1. The summed E-state index contributed by atoms with van der Waals surface area (Å²) < 4.78 is 0. The molecule has 27 heavy (non-hydrogen) atoms. The lowest BCUT2D eigenvalue weighted by Gasteiger charge is -2.33. The average Bonchev–Trinajstić information content (AvgIpc) is 3.17. The van der Waals surface area contributed by atoms with Crippen LogP contribution in [0.1, 0.15) is 37.0 Å². The van der Waals surface area contributed by atoms with Crippen LogP contribution in [-0.2, 0) is 15.7 Å². The number of rotatable bonds is 3. The standard InChI is InChI=1S/C22H26ClN3O/c1-14-6-5-7-17(19(14)23)22(10-11-24-13-22)25-15-8-9-16-18(12-15)26(4)20(27)21(16,2)3/h5-9,12,24-25H,10-11,13H2,1-4H3. The number of carbonyl (C=O) groups excluding carboxylic acids is 1. The molecule has 0 radical (unpaired) electrons. The van der Waals surface area contributed by atoms with Crippen LogP contribution < -0.4 is 15.5 Å². The molecule has 0 aliphatic carbocycles. The number of anilines is 2. The van der Waals surface area contributed by atoms with E-state index in [9.17, 15) is 4.79 Å². The van der Waals surface area contributed by atoms with Crippen molar-refractivity contribution in [3.05, 3.63) is 58.1 Å². The Morgan fingerprint density at radius 3 is 2.67 bits per heavy atom. The predicted molar refractivity (Wildman–Crippen MR) is 112 cm³/mol. The first-order chi connectivity index (χ1) is 12.8. The second-order valence-corrected chi connectivity index (χ2v) is 8.67. The maximum atomic E-state index is 12.6. The van der Waals surface area contributed by atoms with E-state index in [0.29, 0.717) is 0 Å². The largest absolute Gasteiger partial charge is 0.374 e. The average molecular weight is 384 g/mol. The fourth-order valence-corrected chi connectivity index (χ4v) is 4.76. The van der Waals surface area contributed by atoms with Gasteiger partial charge in [-0.1, -0.05) is 35.9 Å². The minimum absolute atomic E-state index is 0.133. The molecule has 1 amide bonds. The molecule has 2 aliphatic heterocycles. The fraction of sp³-hybridized carbons (Fsp3) is 0.409. The number of aryl methyl sites for hydroxylation is 1. The number of carbonyl (C=O) groups is 1. The Balaban J connectivity index is 1.75. The van der Waals surface area contributed by atoms with E-state index in [0.717, 1.165) is 52.6 Å². The van der Waals surface area contributed by atoms with Gasteiger partial charge < -0.3 is 15.5 Å². The quantitative estimate of drug-likeness (QED) is 0.834. The van der Waals surface area contributed by atoms with Gasteiger partial charge in [0.25, 0.3) is 0 Å². The molecule has 0 bridgehead atoms. The van der Waals surface area contributed by atoms with E-state index < -0.39 is 5.41 Å². The van der Waals surface area contributed by atoms with E-state index in [1.165, 1.54) is 0 Å². The van der Waals surface area contributed by atoms with Gasteiger partial charge in [-0.2, -0.15) is 0 Å². The number of hydrogen-bond donors (Lipinski definition) is 2. The van der Waals surface area contributed by atoms with Crippen molar-refractivity contribution in [2.24, 2.45) is 0 Å². The molecule has 5 heteroatoms. The zero-order valence-corrected chi connectivity index (χ0v) is 17.1. The summed E-state index contributed by atoms with van der Waals surface area (Å²) in [6, 6.07) is 12.5. The topological polar surface area (TPSA) is 44.4 Å². The lowest BCUT2D eigenvalue weighted by atomic mass is 9.85. The van der Waals surface area contributed by atoms with E-state index in [-0.39, 0.29) is 11.4 Å². The molecule has 2 N–H and O–H groups in total. The summed E-state index contributed by atoms with van der Waals surface area (Å²) in [6.45, 7) is 7.76. The number of nitrogens with one attached hydrogen (secondary N) is 2. The van der Waals surface area contributed by atoms with Crippen molar-refractivity contribution in [3.63, 3.8) is 0 Å². The Morgan fingerprint density at radius 1 is 1.19 bits per heavy atom. The number of benzene rings is 2. The molecule has 2 aliphatic rings. The number of amides is 1. The monoisotopic (exact) mass is 383 g/mol. The van der Waals surface area contributed by atoms with E-state index in [1.54, 1.807) is 4.90 Å². The molecule has 1 saturated heterocycles.